The van der Waals surface area contributed by atoms with Crippen LogP contribution < -0.4 is 24.8 Å². The lowest BCUT2D eigenvalue weighted by atomic mass is 10.1. The van der Waals surface area contributed by atoms with Crippen molar-refractivity contribution in [2.45, 2.75) is 26.4 Å². The van der Waals surface area contributed by atoms with E-state index in [1.165, 1.54) is 0 Å². The fourth-order valence-corrected chi connectivity index (χ4v) is 2.91. The maximum atomic E-state index is 12.1. The molecule has 0 radical (unpaired) electrons. The SMILES string of the molecule is CCOc1ccc(NC(=O)COC(=O)CC2Oc3ccccc3NC2=O)cc1OCC. The fourth-order valence-electron chi connectivity index (χ4n) is 2.91. The van der Waals surface area contributed by atoms with Crippen LogP contribution in [-0.2, 0) is 19.1 Å². The van der Waals surface area contributed by atoms with E-state index in [2.05, 4.69) is 10.6 Å². The topological polar surface area (TPSA) is 112 Å². The Morgan fingerprint density at radius 3 is 2.58 bits per heavy atom. The third-order valence-corrected chi connectivity index (χ3v) is 4.25. The van der Waals surface area contributed by atoms with E-state index in [9.17, 15) is 14.4 Å². The predicted molar refractivity (Wildman–Crippen MR) is 112 cm³/mol. The molecule has 2 aromatic rings. The summed E-state index contributed by atoms with van der Waals surface area (Å²) in [6.45, 7) is 4.13. The van der Waals surface area contributed by atoms with Gasteiger partial charge < -0.3 is 29.6 Å². The highest BCUT2D eigenvalue weighted by molar-refractivity contribution is 5.99. The number of carbonyl (C=O) groups excluding carboxylic acids is 3. The molecule has 3 rings (SSSR count). The molecule has 0 aromatic heterocycles. The van der Waals surface area contributed by atoms with Crippen molar-refractivity contribution in [1.82, 2.24) is 0 Å². The second-order valence-corrected chi connectivity index (χ2v) is 6.53. The Hall–Kier alpha value is -3.75. The molecule has 9 heteroatoms. The molecule has 2 N–H and O–H groups in total. The van der Waals surface area contributed by atoms with Gasteiger partial charge >= 0.3 is 5.97 Å². The first kappa shape index (κ1) is 21.9. The van der Waals surface area contributed by atoms with Crippen LogP contribution in [0.3, 0.4) is 0 Å². The quantitative estimate of drug-likeness (QED) is 0.591. The standard InChI is InChI=1S/C22H24N2O7/c1-3-28-17-10-9-14(11-18(17)29-4-2)23-20(25)13-30-21(26)12-19-22(27)24-15-7-5-6-8-16(15)31-19/h5-11,19H,3-4,12-13H2,1-2H3,(H,23,25)(H,24,27). The van der Waals surface area contributed by atoms with Gasteiger partial charge in [0.05, 0.1) is 25.3 Å². The van der Waals surface area contributed by atoms with Crippen LogP contribution in [0.2, 0.25) is 0 Å². The normalized spacial score (nSPS) is 14.5. The Morgan fingerprint density at radius 1 is 1.06 bits per heavy atom. The van der Waals surface area contributed by atoms with Gasteiger partial charge in [-0.2, -0.15) is 0 Å². The summed E-state index contributed by atoms with van der Waals surface area (Å²) >= 11 is 0. The van der Waals surface area contributed by atoms with Crippen molar-refractivity contribution in [1.29, 1.82) is 0 Å². The summed E-state index contributed by atoms with van der Waals surface area (Å²) < 4.78 is 21.5. The molecule has 0 saturated heterocycles. The van der Waals surface area contributed by atoms with Crippen LogP contribution in [0.1, 0.15) is 20.3 Å². The zero-order chi connectivity index (χ0) is 22.2. The van der Waals surface area contributed by atoms with E-state index in [1.807, 2.05) is 13.8 Å². The molecule has 1 unspecified atom stereocenters. The number of ether oxygens (including phenoxy) is 4. The Morgan fingerprint density at radius 2 is 1.81 bits per heavy atom. The lowest BCUT2D eigenvalue weighted by Gasteiger charge is -2.25. The first-order valence-electron chi connectivity index (χ1n) is 9.91. The van der Waals surface area contributed by atoms with E-state index in [0.717, 1.165) is 0 Å². The van der Waals surface area contributed by atoms with Crippen LogP contribution in [0.15, 0.2) is 42.5 Å². The summed E-state index contributed by atoms with van der Waals surface area (Å²) in [7, 11) is 0. The molecule has 1 heterocycles. The molecule has 1 aliphatic rings. The van der Waals surface area contributed by atoms with E-state index in [1.54, 1.807) is 42.5 Å². The van der Waals surface area contributed by atoms with Crippen molar-refractivity contribution in [3.63, 3.8) is 0 Å². The van der Waals surface area contributed by atoms with Crippen LogP contribution in [0, 0.1) is 0 Å². The summed E-state index contributed by atoms with van der Waals surface area (Å²) in [5, 5.41) is 5.30. The molecule has 2 amide bonds. The van der Waals surface area contributed by atoms with Gasteiger partial charge in [-0.05, 0) is 38.1 Å². The Bertz CT molecular complexity index is 961. The van der Waals surface area contributed by atoms with Gasteiger partial charge in [-0.3, -0.25) is 14.4 Å². The first-order chi connectivity index (χ1) is 15.0. The van der Waals surface area contributed by atoms with Crippen molar-refractivity contribution < 1.29 is 33.3 Å². The highest BCUT2D eigenvalue weighted by Gasteiger charge is 2.30. The number of fused-ring (bicyclic) bond motifs is 1. The lowest BCUT2D eigenvalue weighted by molar-refractivity contribution is -0.150. The smallest absolute Gasteiger partial charge is 0.310 e. The number of benzene rings is 2. The van der Waals surface area contributed by atoms with Crippen LogP contribution >= 0.6 is 0 Å². The molecule has 31 heavy (non-hydrogen) atoms. The van der Waals surface area contributed by atoms with E-state index in [4.69, 9.17) is 18.9 Å². The molecule has 0 fully saturated rings. The van der Waals surface area contributed by atoms with Crippen molar-refractivity contribution in [3.05, 3.63) is 42.5 Å². The largest absolute Gasteiger partial charge is 0.490 e. The average Bonchev–Trinajstić information content (AvgIpc) is 2.75. The second-order valence-electron chi connectivity index (χ2n) is 6.53. The molecule has 9 nitrogen and oxygen atoms in total. The number of carbonyl (C=O) groups is 3. The molecule has 1 aliphatic heterocycles. The Balaban J connectivity index is 1.50. The summed E-state index contributed by atoms with van der Waals surface area (Å²) in [5.74, 6) is -0.159. The van der Waals surface area contributed by atoms with Crippen molar-refractivity contribution >= 4 is 29.2 Å². The number of anilines is 2. The zero-order valence-corrected chi connectivity index (χ0v) is 17.3. The first-order valence-corrected chi connectivity index (χ1v) is 9.91. The minimum Gasteiger partial charge on any atom is -0.490 e. The van der Waals surface area contributed by atoms with Crippen molar-refractivity contribution in [2.24, 2.45) is 0 Å². The molecular weight excluding hydrogens is 404 g/mol. The predicted octanol–water partition coefficient (Wildman–Crippen LogP) is 2.76. The molecule has 0 spiro atoms. The third-order valence-electron chi connectivity index (χ3n) is 4.25. The van der Waals surface area contributed by atoms with Gasteiger partial charge in [0.1, 0.15) is 5.75 Å². The number of para-hydroxylation sites is 2. The van der Waals surface area contributed by atoms with E-state index in [0.29, 0.717) is 41.8 Å². The van der Waals surface area contributed by atoms with E-state index in [-0.39, 0.29) is 6.42 Å². The summed E-state index contributed by atoms with van der Waals surface area (Å²) in [5.41, 5.74) is 1.01. The number of hydrogen-bond acceptors (Lipinski definition) is 7. The Labute approximate surface area is 179 Å². The van der Waals surface area contributed by atoms with Gasteiger partial charge in [-0.15, -0.1) is 0 Å². The minimum atomic E-state index is -1.02. The number of hydrogen-bond donors (Lipinski definition) is 2. The third kappa shape index (κ3) is 5.88. The molecule has 164 valence electrons. The minimum absolute atomic E-state index is 0.314. The van der Waals surface area contributed by atoms with Crippen LogP contribution in [-0.4, -0.2) is 43.7 Å². The fraction of sp³-hybridized carbons (Fsp3) is 0.318. The van der Waals surface area contributed by atoms with E-state index < -0.39 is 30.5 Å². The average molecular weight is 428 g/mol. The van der Waals surface area contributed by atoms with Crippen LogP contribution in [0.4, 0.5) is 11.4 Å². The summed E-state index contributed by atoms with van der Waals surface area (Å²) in [4.78, 5) is 36.3. The van der Waals surface area contributed by atoms with Crippen LogP contribution in [0.25, 0.3) is 0 Å². The zero-order valence-electron chi connectivity index (χ0n) is 17.3. The summed E-state index contributed by atoms with van der Waals surface area (Å²) in [6.07, 6.45) is -1.34. The van der Waals surface area contributed by atoms with Crippen LogP contribution in [0.5, 0.6) is 17.2 Å². The van der Waals surface area contributed by atoms with Gasteiger partial charge in [-0.1, -0.05) is 12.1 Å². The monoisotopic (exact) mass is 428 g/mol. The van der Waals surface area contributed by atoms with Crippen molar-refractivity contribution in [3.8, 4) is 17.2 Å². The molecule has 0 bridgehead atoms. The van der Waals surface area contributed by atoms with Gasteiger partial charge in [0.2, 0.25) is 0 Å². The van der Waals surface area contributed by atoms with E-state index >= 15 is 0 Å². The maximum Gasteiger partial charge on any atom is 0.310 e. The molecule has 1 atom stereocenters. The lowest BCUT2D eigenvalue weighted by Crippen LogP contribution is -2.39. The second kappa shape index (κ2) is 10.3. The Kier molecular flexibility index (Phi) is 7.31. The number of nitrogens with one attached hydrogen (secondary N) is 2. The number of esters is 1. The molecular formula is C22H24N2O7. The molecule has 2 aromatic carbocycles. The molecule has 0 saturated carbocycles. The van der Waals surface area contributed by atoms with Gasteiger partial charge in [0.15, 0.2) is 24.2 Å². The van der Waals surface area contributed by atoms with Gasteiger partial charge in [0.25, 0.3) is 11.8 Å². The number of rotatable bonds is 9. The highest BCUT2D eigenvalue weighted by Crippen LogP contribution is 2.31. The number of amides is 2. The molecule has 0 aliphatic carbocycles. The van der Waals surface area contributed by atoms with Crippen molar-refractivity contribution in [2.75, 3.05) is 30.5 Å². The maximum absolute atomic E-state index is 12.1. The van der Waals surface area contributed by atoms with Gasteiger partial charge in [-0.25, -0.2) is 0 Å². The van der Waals surface area contributed by atoms with Gasteiger partial charge in [0, 0.05) is 11.8 Å². The highest BCUT2D eigenvalue weighted by atomic mass is 16.5. The summed E-state index contributed by atoms with van der Waals surface area (Å²) in [6, 6.07) is 11.9.